The molecule has 7 aromatic rings. The molecule has 1 heterocycles. The van der Waals surface area contributed by atoms with Crippen molar-refractivity contribution in [1.82, 2.24) is 15.0 Å². The predicted octanol–water partition coefficient (Wildman–Crippen LogP) is 14.9. The first-order valence-electron chi connectivity index (χ1n) is 15.4. The largest absolute Gasteiger partial charge is 0.279 e. The van der Waals surface area contributed by atoms with Crippen LogP contribution >= 0.6 is 95.6 Å². The van der Waals surface area contributed by atoms with Gasteiger partial charge in [-0.05, 0) is 146 Å². The molecule has 0 aliphatic rings. The van der Waals surface area contributed by atoms with Gasteiger partial charge in [-0.25, -0.2) is 0 Å². The molecule has 12 heteroatoms. The van der Waals surface area contributed by atoms with E-state index in [1.54, 1.807) is 0 Å². The Balaban J connectivity index is 1.54. The van der Waals surface area contributed by atoms with Crippen LogP contribution in [0.15, 0.2) is 172 Å². The van der Waals surface area contributed by atoms with Crippen LogP contribution in [0.3, 0.4) is 0 Å². The Morgan fingerprint density at radius 2 is 0.373 bits per heavy atom. The third-order valence-corrected chi connectivity index (χ3v) is 10.9. The highest BCUT2D eigenvalue weighted by atomic mass is 79.9. The third kappa shape index (κ3) is 8.48. The van der Waals surface area contributed by atoms with Crippen molar-refractivity contribution in [2.24, 2.45) is 0 Å². The van der Waals surface area contributed by atoms with Crippen LogP contribution in [-0.2, 0) is 0 Å². The molecule has 0 unspecified atom stereocenters. The average molecular weight is 1060 g/mol. The summed E-state index contributed by atoms with van der Waals surface area (Å²) in [4.78, 5) is 21.9. The van der Waals surface area contributed by atoms with Gasteiger partial charge in [-0.2, -0.15) is 15.0 Å². The van der Waals surface area contributed by atoms with Gasteiger partial charge < -0.3 is 0 Å². The molecule has 0 radical (unpaired) electrons. The minimum absolute atomic E-state index is 0.429. The van der Waals surface area contributed by atoms with E-state index in [2.05, 4.69) is 95.6 Å². The fraction of sp³-hybridized carbons (Fsp3) is 0. The molecular formula is C39H24Br6N6. The normalized spacial score (nSPS) is 10.9. The van der Waals surface area contributed by atoms with Crippen molar-refractivity contribution in [3.05, 3.63) is 172 Å². The molecule has 0 N–H and O–H groups in total. The maximum absolute atomic E-state index is 5.27. The molecule has 252 valence electrons. The van der Waals surface area contributed by atoms with Gasteiger partial charge in [0.2, 0.25) is 17.8 Å². The summed E-state index contributed by atoms with van der Waals surface area (Å²) in [6.45, 7) is 0. The van der Waals surface area contributed by atoms with Crippen molar-refractivity contribution in [2.75, 3.05) is 14.7 Å². The maximum atomic E-state index is 5.27. The van der Waals surface area contributed by atoms with E-state index < -0.39 is 0 Å². The molecule has 0 atom stereocenters. The van der Waals surface area contributed by atoms with E-state index >= 15 is 0 Å². The first kappa shape index (κ1) is 36.0. The molecule has 0 spiro atoms. The summed E-state index contributed by atoms with van der Waals surface area (Å²) >= 11 is 21.7. The summed E-state index contributed by atoms with van der Waals surface area (Å²) < 4.78 is 5.79. The van der Waals surface area contributed by atoms with Gasteiger partial charge >= 0.3 is 0 Å². The second kappa shape index (κ2) is 16.1. The lowest BCUT2D eigenvalue weighted by Gasteiger charge is -2.30. The lowest BCUT2D eigenvalue weighted by Crippen LogP contribution is -2.22. The number of hydrogen-bond acceptors (Lipinski definition) is 6. The number of anilines is 9. The molecule has 7 rings (SSSR count). The Kier molecular flexibility index (Phi) is 11.4. The molecule has 0 saturated carbocycles. The van der Waals surface area contributed by atoms with Gasteiger partial charge in [-0.15, -0.1) is 0 Å². The van der Waals surface area contributed by atoms with Gasteiger partial charge in [0, 0.05) is 61.0 Å². The fourth-order valence-electron chi connectivity index (χ4n) is 5.32. The van der Waals surface area contributed by atoms with E-state index in [1.807, 2.05) is 160 Å². The van der Waals surface area contributed by atoms with Crippen LogP contribution in [0.5, 0.6) is 0 Å². The van der Waals surface area contributed by atoms with E-state index in [4.69, 9.17) is 15.0 Å². The molecule has 6 nitrogen and oxygen atoms in total. The highest BCUT2D eigenvalue weighted by molar-refractivity contribution is 9.11. The smallest absolute Gasteiger partial charge is 0.241 e. The van der Waals surface area contributed by atoms with Crippen LogP contribution in [0.2, 0.25) is 0 Å². The van der Waals surface area contributed by atoms with E-state index in [0.717, 1.165) is 61.0 Å². The standard InChI is InChI=1S/C39H24Br6N6/c40-25-1-13-31(14-2-25)49(32-15-3-26(41)4-16-32)37-46-38(50(33-17-5-27(42)6-18-33)34-19-7-28(43)8-20-34)48-39(47-37)51(35-21-9-29(44)10-22-35)36-23-11-30(45)12-24-36/h1-24H. The van der Waals surface area contributed by atoms with E-state index in [1.165, 1.54) is 0 Å². The number of nitrogens with zero attached hydrogens (tertiary/aromatic N) is 6. The molecule has 0 amide bonds. The average Bonchev–Trinajstić information content (AvgIpc) is 3.13. The van der Waals surface area contributed by atoms with Crippen molar-refractivity contribution in [3.8, 4) is 0 Å². The molecule has 0 aliphatic heterocycles. The highest BCUT2D eigenvalue weighted by Crippen LogP contribution is 2.41. The Labute approximate surface area is 346 Å². The zero-order chi connectivity index (χ0) is 35.5. The van der Waals surface area contributed by atoms with Crippen molar-refractivity contribution >= 4 is 148 Å². The summed E-state index contributed by atoms with van der Waals surface area (Å²) in [6.07, 6.45) is 0. The van der Waals surface area contributed by atoms with Crippen LogP contribution < -0.4 is 14.7 Å². The molecule has 0 fully saturated rings. The topological polar surface area (TPSA) is 48.4 Å². The molecular weight excluding hydrogens is 1030 g/mol. The molecule has 6 aromatic carbocycles. The van der Waals surface area contributed by atoms with E-state index in [9.17, 15) is 0 Å². The SMILES string of the molecule is Brc1ccc(N(c2ccc(Br)cc2)c2nc(N(c3ccc(Br)cc3)c3ccc(Br)cc3)nc(N(c3ccc(Br)cc3)c3ccc(Br)cc3)n2)cc1. The molecule has 51 heavy (non-hydrogen) atoms. The molecule has 0 bridgehead atoms. The Bertz CT molecular complexity index is 1840. The van der Waals surface area contributed by atoms with Crippen molar-refractivity contribution in [1.29, 1.82) is 0 Å². The van der Waals surface area contributed by atoms with Crippen LogP contribution in [0, 0.1) is 0 Å². The van der Waals surface area contributed by atoms with E-state index in [-0.39, 0.29) is 0 Å². The van der Waals surface area contributed by atoms with Crippen LogP contribution in [0.1, 0.15) is 0 Å². The van der Waals surface area contributed by atoms with Gasteiger partial charge in [0.15, 0.2) is 0 Å². The minimum Gasteiger partial charge on any atom is -0.279 e. The summed E-state index contributed by atoms with van der Waals surface area (Å²) in [5, 5.41) is 0. The predicted molar refractivity (Wildman–Crippen MR) is 230 cm³/mol. The zero-order valence-electron chi connectivity index (χ0n) is 26.3. The Morgan fingerprint density at radius 1 is 0.235 bits per heavy atom. The lowest BCUT2D eigenvalue weighted by atomic mass is 10.2. The maximum Gasteiger partial charge on any atom is 0.241 e. The number of aromatic nitrogens is 3. The molecule has 0 aliphatic carbocycles. The second-order valence-electron chi connectivity index (χ2n) is 11.1. The van der Waals surface area contributed by atoms with Crippen molar-refractivity contribution < 1.29 is 0 Å². The van der Waals surface area contributed by atoms with Gasteiger partial charge in [0.25, 0.3) is 0 Å². The van der Waals surface area contributed by atoms with Crippen LogP contribution in [0.4, 0.5) is 52.0 Å². The monoisotopic (exact) mass is 1050 g/mol. The Hall–Kier alpha value is -3.39. The minimum atomic E-state index is 0.429. The first-order valence-corrected chi connectivity index (χ1v) is 20.2. The number of rotatable bonds is 9. The van der Waals surface area contributed by atoms with Gasteiger partial charge in [0.05, 0.1) is 0 Å². The molecule has 0 saturated heterocycles. The zero-order valence-corrected chi connectivity index (χ0v) is 35.8. The fourth-order valence-corrected chi connectivity index (χ4v) is 6.91. The number of halogens is 6. The van der Waals surface area contributed by atoms with Crippen molar-refractivity contribution in [2.45, 2.75) is 0 Å². The summed E-state index contributed by atoms with van der Waals surface area (Å²) in [5.41, 5.74) is 5.26. The summed E-state index contributed by atoms with van der Waals surface area (Å²) in [7, 11) is 0. The molecule has 1 aromatic heterocycles. The summed E-state index contributed by atoms with van der Waals surface area (Å²) in [5.74, 6) is 1.29. The summed E-state index contributed by atoms with van der Waals surface area (Å²) in [6, 6.07) is 48.6. The third-order valence-electron chi connectivity index (χ3n) is 7.71. The Morgan fingerprint density at radius 3 is 0.510 bits per heavy atom. The second-order valence-corrected chi connectivity index (χ2v) is 16.6. The van der Waals surface area contributed by atoms with Crippen LogP contribution in [-0.4, -0.2) is 15.0 Å². The number of benzene rings is 6. The first-order chi connectivity index (χ1) is 24.7. The highest BCUT2D eigenvalue weighted by Gasteiger charge is 2.26. The van der Waals surface area contributed by atoms with Gasteiger partial charge in [0.1, 0.15) is 0 Å². The van der Waals surface area contributed by atoms with Crippen LogP contribution in [0.25, 0.3) is 0 Å². The van der Waals surface area contributed by atoms with Gasteiger partial charge in [-0.1, -0.05) is 95.6 Å². The van der Waals surface area contributed by atoms with E-state index in [0.29, 0.717) is 17.8 Å². The van der Waals surface area contributed by atoms with Crippen molar-refractivity contribution in [3.63, 3.8) is 0 Å². The van der Waals surface area contributed by atoms with Gasteiger partial charge in [-0.3, -0.25) is 14.7 Å². The number of hydrogen-bond donors (Lipinski definition) is 0. The lowest BCUT2D eigenvalue weighted by molar-refractivity contribution is 0.962. The quantitative estimate of drug-likeness (QED) is 0.144.